The Kier molecular flexibility index (Phi) is 5.60. The van der Waals surface area contributed by atoms with Crippen molar-refractivity contribution in [2.24, 2.45) is 5.41 Å². The zero-order valence-corrected chi connectivity index (χ0v) is 13.9. The first-order chi connectivity index (χ1) is 9.72. The maximum Gasteiger partial charge on any atom is 0.273 e. The first-order valence-electron chi connectivity index (χ1n) is 7.16. The molecule has 0 aliphatic carbocycles. The van der Waals surface area contributed by atoms with Crippen LogP contribution in [0, 0.1) is 5.41 Å². The molecule has 1 amide bonds. The number of aromatic nitrogens is 1. The van der Waals surface area contributed by atoms with Crippen LogP contribution in [-0.4, -0.2) is 49.1 Å². The van der Waals surface area contributed by atoms with Crippen LogP contribution >= 0.6 is 23.7 Å². The molecule has 2 aliphatic heterocycles. The molecule has 2 fully saturated rings. The standard InChI is InChI=1S/C14H21N3O2S.ClH/c1-19-8-12-16-11(9-20-12)13(18)17-6-3-14(4-7-17)2-5-15-10-14;/h9,15H,2-8,10H2,1H3;1H. The molecular formula is C14H22ClN3O2S. The quantitative estimate of drug-likeness (QED) is 0.919. The third-order valence-electron chi connectivity index (χ3n) is 4.48. The fourth-order valence-electron chi connectivity index (χ4n) is 3.17. The average Bonchev–Trinajstić information content (AvgIpc) is 3.10. The van der Waals surface area contributed by atoms with E-state index in [1.54, 1.807) is 7.11 Å². The second-order valence-electron chi connectivity index (χ2n) is 5.78. The van der Waals surface area contributed by atoms with Crippen LogP contribution in [0.15, 0.2) is 5.38 Å². The molecule has 118 valence electrons. The molecular weight excluding hydrogens is 310 g/mol. The summed E-state index contributed by atoms with van der Waals surface area (Å²) in [6.45, 7) is 4.44. The van der Waals surface area contributed by atoms with Crippen LogP contribution in [0.25, 0.3) is 0 Å². The summed E-state index contributed by atoms with van der Waals surface area (Å²) in [5.41, 5.74) is 1.02. The molecule has 1 aromatic heterocycles. The van der Waals surface area contributed by atoms with Gasteiger partial charge in [-0.1, -0.05) is 0 Å². The van der Waals surface area contributed by atoms with Gasteiger partial charge in [0.15, 0.2) is 0 Å². The Morgan fingerprint density at radius 2 is 2.24 bits per heavy atom. The maximum absolute atomic E-state index is 12.4. The number of rotatable bonds is 3. The van der Waals surface area contributed by atoms with Gasteiger partial charge in [-0.2, -0.15) is 0 Å². The zero-order valence-electron chi connectivity index (χ0n) is 12.3. The fraction of sp³-hybridized carbons (Fsp3) is 0.714. The van der Waals surface area contributed by atoms with Crippen molar-refractivity contribution in [3.8, 4) is 0 Å². The lowest BCUT2D eigenvalue weighted by molar-refractivity contribution is 0.0602. The first kappa shape index (κ1) is 16.7. The maximum atomic E-state index is 12.4. The Balaban J connectivity index is 0.00000161. The van der Waals surface area contributed by atoms with Crippen LogP contribution in [0.2, 0.25) is 0 Å². The number of halogens is 1. The molecule has 3 heterocycles. The van der Waals surface area contributed by atoms with Gasteiger partial charge >= 0.3 is 0 Å². The van der Waals surface area contributed by atoms with E-state index >= 15 is 0 Å². The molecule has 1 N–H and O–H groups in total. The van der Waals surface area contributed by atoms with Crippen LogP contribution in [0.4, 0.5) is 0 Å². The van der Waals surface area contributed by atoms with E-state index in [1.165, 1.54) is 17.8 Å². The molecule has 2 saturated heterocycles. The van der Waals surface area contributed by atoms with Gasteiger partial charge in [0.2, 0.25) is 0 Å². The highest BCUT2D eigenvalue weighted by atomic mass is 35.5. The first-order valence-corrected chi connectivity index (χ1v) is 8.04. The van der Waals surface area contributed by atoms with Crippen molar-refractivity contribution in [1.82, 2.24) is 15.2 Å². The largest absolute Gasteiger partial charge is 0.378 e. The Hall–Kier alpha value is -0.690. The smallest absolute Gasteiger partial charge is 0.273 e. The number of thiazole rings is 1. The molecule has 0 aromatic carbocycles. The second kappa shape index (κ2) is 7.05. The van der Waals surface area contributed by atoms with Crippen molar-refractivity contribution in [2.45, 2.75) is 25.9 Å². The number of likely N-dealkylation sites (tertiary alicyclic amines) is 1. The number of amides is 1. The van der Waals surface area contributed by atoms with Gasteiger partial charge in [0, 0.05) is 32.1 Å². The lowest BCUT2D eigenvalue weighted by Crippen LogP contribution is -2.44. The molecule has 0 unspecified atom stereocenters. The molecule has 1 aromatic rings. The molecule has 3 rings (SSSR count). The number of nitrogens with one attached hydrogen (secondary N) is 1. The van der Waals surface area contributed by atoms with Crippen LogP contribution in [0.1, 0.15) is 34.8 Å². The van der Waals surface area contributed by atoms with Gasteiger partial charge in [0.05, 0.1) is 6.61 Å². The van der Waals surface area contributed by atoms with Gasteiger partial charge in [-0.15, -0.1) is 23.7 Å². The van der Waals surface area contributed by atoms with Crippen molar-refractivity contribution in [1.29, 1.82) is 0 Å². The molecule has 1 spiro atoms. The minimum atomic E-state index is 0. The van der Waals surface area contributed by atoms with E-state index in [9.17, 15) is 4.79 Å². The Morgan fingerprint density at radius 1 is 1.48 bits per heavy atom. The summed E-state index contributed by atoms with van der Waals surface area (Å²) in [7, 11) is 1.64. The minimum Gasteiger partial charge on any atom is -0.378 e. The van der Waals surface area contributed by atoms with Crippen molar-refractivity contribution in [2.75, 3.05) is 33.3 Å². The summed E-state index contributed by atoms with van der Waals surface area (Å²) in [5.74, 6) is 0.0735. The number of ether oxygens (including phenoxy) is 1. The Bertz CT molecular complexity index is 478. The summed E-state index contributed by atoms with van der Waals surface area (Å²) in [6, 6.07) is 0. The molecule has 5 nitrogen and oxygen atoms in total. The highest BCUT2D eigenvalue weighted by Gasteiger charge is 2.38. The summed E-state index contributed by atoms with van der Waals surface area (Å²) in [5, 5.41) is 6.16. The van der Waals surface area contributed by atoms with Gasteiger partial charge in [-0.3, -0.25) is 4.79 Å². The van der Waals surface area contributed by atoms with Crippen molar-refractivity contribution in [3.63, 3.8) is 0 Å². The average molecular weight is 332 g/mol. The van der Waals surface area contributed by atoms with Gasteiger partial charge < -0.3 is 15.0 Å². The van der Waals surface area contributed by atoms with Crippen LogP contribution in [-0.2, 0) is 11.3 Å². The second-order valence-corrected chi connectivity index (χ2v) is 6.72. The van der Waals surface area contributed by atoms with Gasteiger partial charge in [-0.25, -0.2) is 4.98 Å². The van der Waals surface area contributed by atoms with Crippen LogP contribution < -0.4 is 5.32 Å². The molecule has 0 atom stereocenters. The minimum absolute atomic E-state index is 0. The van der Waals surface area contributed by atoms with Crippen molar-refractivity contribution in [3.05, 3.63) is 16.1 Å². The molecule has 21 heavy (non-hydrogen) atoms. The highest BCUT2D eigenvalue weighted by Crippen LogP contribution is 2.37. The van der Waals surface area contributed by atoms with E-state index in [1.807, 2.05) is 10.3 Å². The third kappa shape index (κ3) is 3.56. The number of nitrogens with zero attached hydrogens (tertiary/aromatic N) is 2. The number of carbonyl (C=O) groups is 1. The predicted molar refractivity (Wildman–Crippen MR) is 85.1 cm³/mol. The van der Waals surface area contributed by atoms with Gasteiger partial charge in [0.25, 0.3) is 5.91 Å². The normalized spacial score (nSPS) is 20.5. The number of piperidine rings is 1. The monoisotopic (exact) mass is 331 g/mol. The molecule has 7 heteroatoms. The number of carbonyl (C=O) groups excluding carboxylic acids is 1. The van der Waals surface area contributed by atoms with E-state index in [-0.39, 0.29) is 18.3 Å². The van der Waals surface area contributed by atoms with E-state index < -0.39 is 0 Å². The van der Waals surface area contributed by atoms with Gasteiger partial charge in [0.1, 0.15) is 10.7 Å². The highest BCUT2D eigenvalue weighted by molar-refractivity contribution is 7.09. The van der Waals surface area contributed by atoms with E-state index in [0.29, 0.717) is 17.7 Å². The summed E-state index contributed by atoms with van der Waals surface area (Å²) < 4.78 is 5.05. The topological polar surface area (TPSA) is 54.5 Å². The van der Waals surface area contributed by atoms with Crippen LogP contribution in [0.3, 0.4) is 0 Å². The van der Waals surface area contributed by atoms with E-state index in [0.717, 1.165) is 44.0 Å². The zero-order chi connectivity index (χ0) is 14.0. The van der Waals surface area contributed by atoms with E-state index in [4.69, 9.17) is 4.74 Å². The summed E-state index contributed by atoms with van der Waals surface area (Å²) >= 11 is 1.49. The predicted octanol–water partition coefficient (Wildman–Crippen LogP) is 1.93. The van der Waals surface area contributed by atoms with Gasteiger partial charge in [-0.05, 0) is 31.2 Å². The fourth-order valence-corrected chi connectivity index (χ4v) is 3.91. The SMILES string of the molecule is COCc1nc(C(=O)N2CCC3(CCNC3)CC2)cs1.Cl. The lowest BCUT2D eigenvalue weighted by atomic mass is 9.78. The van der Waals surface area contributed by atoms with Crippen LogP contribution in [0.5, 0.6) is 0 Å². The Morgan fingerprint density at radius 3 is 2.86 bits per heavy atom. The molecule has 2 aliphatic rings. The lowest BCUT2D eigenvalue weighted by Gasteiger charge is -2.38. The summed E-state index contributed by atoms with van der Waals surface area (Å²) in [6.07, 6.45) is 3.48. The van der Waals surface area contributed by atoms with Crippen molar-refractivity contribution < 1.29 is 9.53 Å². The Labute approximate surface area is 135 Å². The van der Waals surface area contributed by atoms with Crippen molar-refractivity contribution >= 4 is 29.7 Å². The third-order valence-corrected chi connectivity index (χ3v) is 5.30. The summed E-state index contributed by atoms with van der Waals surface area (Å²) in [4.78, 5) is 18.7. The number of hydrogen-bond acceptors (Lipinski definition) is 5. The molecule has 0 saturated carbocycles. The molecule has 0 bridgehead atoms. The number of hydrogen-bond donors (Lipinski definition) is 1. The number of methoxy groups -OCH3 is 1. The van der Waals surface area contributed by atoms with E-state index in [2.05, 4.69) is 10.3 Å². The molecule has 0 radical (unpaired) electrons.